The van der Waals surface area contributed by atoms with Gasteiger partial charge >= 0.3 is 0 Å². The summed E-state index contributed by atoms with van der Waals surface area (Å²) in [4.78, 5) is 17.5. The molecule has 0 aliphatic carbocycles. The molecule has 0 unspecified atom stereocenters. The maximum absolute atomic E-state index is 14.0. The van der Waals surface area contributed by atoms with Crippen molar-refractivity contribution in [2.45, 2.75) is 23.9 Å². The van der Waals surface area contributed by atoms with Crippen LogP contribution in [0.25, 0.3) is 0 Å². The summed E-state index contributed by atoms with van der Waals surface area (Å²) in [6, 6.07) is 12.3. The van der Waals surface area contributed by atoms with Gasteiger partial charge in [-0.2, -0.15) is 0 Å². The lowest BCUT2D eigenvalue weighted by Gasteiger charge is -2.24. The van der Waals surface area contributed by atoms with Crippen molar-refractivity contribution >= 4 is 23.4 Å². The molecule has 0 aromatic heterocycles. The second kappa shape index (κ2) is 8.10. The second-order valence-corrected chi connectivity index (χ2v) is 7.20. The van der Waals surface area contributed by atoms with Crippen LogP contribution in [0.3, 0.4) is 0 Å². The van der Waals surface area contributed by atoms with E-state index in [-0.39, 0.29) is 17.8 Å². The normalized spacial score (nSPS) is 17.2. The number of likely N-dealkylation sites (N-methyl/N-ethyl adjacent to an activating group) is 1. The van der Waals surface area contributed by atoms with Crippen molar-refractivity contribution in [1.82, 2.24) is 4.90 Å². The van der Waals surface area contributed by atoms with E-state index in [0.717, 1.165) is 16.2 Å². The standard InChI is InChI=1S/C20H23FN2O2S/c1-22(13-14-8-9-19(26-3)18(12-14)25-2)17-10-11-23(20(17)24)16-7-5-4-6-15(16)21/h4-9,12,17H,10-11,13H2,1-3H3/t17-/m1/s1. The van der Waals surface area contributed by atoms with Gasteiger partial charge in [-0.3, -0.25) is 9.69 Å². The molecule has 0 N–H and O–H groups in total. The van der Waals surface area contributed by atoms with E-state index in [1.165, 1.54) is 6.07 Å². The molecule has 3 rings (SSSR count). The molecule has 2 aromatic carbocycles. The molecule has 0 spiro atoms. The molecule has 6 heteroatoms. The monoisotopic (exact) mass is 374 g/mol. The summed E-state index contributed by atoms with van der Waals surface area (Å²) in [5.41, 5.74) is 1.44. The third kappa shape index (κ3) is 3.71. The second-order valence-electron chi connectivity index (χ2n) is 6.35. The van der Waals surface area contributed by atoms with Crippen molar-refractivity contribution in [3.8, 4) is 5.75 Å². The molecule has 0 bridgehead atoms. The molecule has 1 fully saturated rings. The van der Waals surface area contributed by atoms with Crippen LogP contribution in [0.4, 0.5) is 10.1 Å². The van der Waals surface area contributed by atoms with Crippen molar-refractivity contribution in [2.75, 3.05) is 31.9 Å². The Hall–Kier alpha value is -2.05. The predicted molar refractivity (Wildman–Crippen MR) is 103 cm³/mol. The van der Waals surface area contributed by atoms with Crippen LogP contribution in [0.2, 0.25) is 0 Å². The van der Waals surface area contributed by atoms with Crippen molar-refractivity contribution in [2.24, 2.45) is 0 Å². The summed E-state index contributed by atoms with van der Waals surface area (Å²) in [6.07, 6.45) is 2.70. The SMILES string of the molecule is COc1cc(CN(C)[C@@H]2CCN(c3ccccc3F)C2=O)ccc1SC. The molecule has 4 nitrogen and oxygen atoms in total. The number of nitrogens with zero attached hydrogens (tertiary/aromatic N) is 2. The Kier molecular flexibility index (Phi) is 5.84. The third-order valence-corrected chi connectivity index (χ3v) is 5.51. The Morgan fingerprint density at radius 2 is 2.08 bits per heavy atom. The number of carbonyl (C=O) groups excluding carboxylic acids is 1. The van der Waals surface area contributed by atoms with E-state index >= 15 is 0 Å². The number of para-hydroxylation sites is 1. The number of benzene rings is 2. The largest absolute Gasteiger partial charge is 0.496 e. The molecule has 1 aliphatic rings. The minimum Gasteiger partial charge on any atom is -0.496 e. The lowest BCUT2D eigenvalue weighted by molar-refractivity contribution is -0.121. The number of methoxy groups -OCH3 is 1. The Bertz CT molecular complexity index is 799. The van der Waals surface area contributed by atoms with Crippen LogP contribution in [0.1, 0.15) is 12.0 Å². The predicted octanol–water partition coefficient (Wildman–Crippen LogP) is 3.79. The first-order chi connectivity index (χ1) is 12.5. The van der Waals surface area contributed by atoms with Crippen LogP contribution in [-0.2, 0) is 11.3 Å². The molecule has 26 heavy (non-hydrogen) atoms. The lowest BCUT2D eigenvalue weighted by atomic mass is 10.1. The van der Waals surface area contributed by atoms with Gasteiger partial charge in [0.15, 0.2) is 0 Å². The zero-order chi connectivity index (χ0) is 18.7. The van der Waals surface area contributed by atoms with Gasteiger partial charge in [0.1, 0.15) is 11.6 Å². The quantitative estimate of drug-likeness (QED) is 0.720. The minimum atomic E-state index is -0.360. The fraction of sp³-hybridized carbons (Fsp3) is 0.350. The van der Waals surface area contributed by atoms with E-state index in [1.54, 1.807) is 42.0 Å². The topological polar surface area (TPSA) is 32.8 Å². The van der Waals surface area contributed by atoms with Crippen LogP contribution in [0.15, 0.2) is 47.4 Å². The van der Waals surface area contributed by atoms with E-state index in [2.05, 4.69) is 6.07 Å². The zero-order valence-corrected chi connectivity index (χ0v) is 16.1. The molecule has 2 aromatic rings. The maximum atomic E-state index is 14.0. The Morgan fingerprint density at radius 3 is 2.77 bits per heavy atom. The number of ether oxygens (including phenoxy) is 1. The minimum absolute atomic E-state index is 0.0506. The highest BCUT2D eigenvalue weighted by atomic mass is 32.2. The molecule has 0 saturated carbocycles. The molecule has 1 atom stereocenters. The van der Waals surface area contributed by atoms with Crippen LogP contribution in [0, 0.1) is 5.82 Å². The van der Waals surface area contributed by atoms with Gasteiger partial charge in [0.05, 0.1) is 18.8 Å². The summed E-state index contributed by atoms with van der Waals surface area (Å²) >= 11 is 1.64. The van der Waals surface area contributed by atoms with E-state index in [1.807, 2.05) is 30.3 Å². The van der Waals surface area contributed by atoms with Gasteiger partial charge in [-0.1, -0.05) is 18.2 Å². The molecule has 1 aliphatic heterocycles. The summed E-state index contributed by atoms with van der Waals surface area (Å²) in [7, 11) is 3.59. The Morgan fingerprint density at radius 1 is 1.31 bits per heavy atom. The summed E-state index contributed by atoms with van der Waals surface area (Å²) < 4.78 is 19.5. The van der Waals surface area contributed by atoms with E-state index in [9.17, 15) is 9.18 Å². The number of rotatable bonds is 6. The van der Waals surface area contributed by atoms with Gasteiger partial charge in [0, 0.05) is 18.0 Å². The molecule has 1 amide bonds. The van der Waals surface area contributed by atoms with Crippen LogP contribution in [0.5, 0.6) is 5.75 Å². The summed E-state index contributed by atoms with van der Waals surface area (Å²) in [5.74, 6) is 0.431. The number of hydrogen-bond donors (Lipinski definition) is 0. The maximum Gasteiger partial charge on any atom is 0.244 e. The van der Waals surface area contributed by atoms with Crippen LogP contribution >= 0.6 is 11.8 Å². The molecule has 1 heterocycles. The van der Waals surface area contributed by atoms with E-state index in [0.29, 0.717) is 25.2 Å². The van der Waals surface area contributed by atoms with Gasteiger partial charge < -0.3 is 9.64 Å². The first-order valence-corrected chi connectivity index (χ1v) is 9.74. The average Bonchev–Trinajstić information content (AvgIpc) is 3.03. The number of anilines is 1. The third-order valence-electron chi connectivity index (χ3n) is 4.73. The number of halogens is 1. The smallest absolute Gasteiger partial charge is 0.244 e. The average molecular weight is 374 g/mol. The number of hydrogen-bond acceptors (Lipinski definition) is 4. The highest BCUT2D eigenvalue weighted by Crippen LogP contribution is 2.30. The fourth-order valence-electron chi connectivity index (χ4n) is 3.36. The van der Waals surface area contributed by atoms with Crippen LogP contribution < -0.4 is 9.64 Å². The highest BCUT2D eigenvalue weighted by Gasteiger charge is 2.36. The van der Waals surface area contributed by atoms with Crippen molar-refractivity contribution < 1.29 is 13.9 Å². The molecular formula is C20H23FN2O2S. The zero-order valence-electron chi connectivity index (χ0n) is 15.2. The molecule has 1 saturated heterocycles. The first kappa shape index (κ1) is 18.7. The highest BCUT2D eigenvalue weighted by molar-refractivity contribution is 7.98. The molecule has 0 radical (unpaired) electrons. The van der Waals surface area contributed by atoms with E-state index < -0.39 is 0 Å². The van der Waals surface area contributed by atoms with Crippen LogP contribution in [-0.4, -0.2) is 43.8 Å². The molecule has 138 valence electrons. The van der Waals surface area contributed by atoms with Gasteiger partial charge in [-0.25, -0.2) is 4.39 Å². The Labute approximate surface area is 157 Å². The number of thioether (sulfide) groups is 1. The number of carbonyl (C=O) groups is 1. The summed E-state index contributed by atoms with van der Waals surface area (Å²) in [5, 5.41) is 0. The molecular weight excluding hydrogens is 351 g/mol. The van der Waals surface area contributed by atoms with Gasteiger partial charge in [-0.15, -0.1) is 11.8 Å². The van der Waals surface area contributed by atoms with Crippen molar-refractivity contribution in [1.29, 1.82) is 0 Å². The fourth-order valence-corrected chi connectivity index (χ4v) is 3.91. The first-order valence-electron chi connectivity index (χ1n) is 8.52. The van der Waals surface area contributed by atoms with Gasteiger partial charge in [0.2, 0.25) is 5.91 Å². The van der Waals surface area contributed by atoms with E-state index in [4.69, 9.17) is 4.74 Å². The Balaban J connectivity index is 1.72. The van der Waals surface area contributed by atoms with Gasteiger partial charge in [-0.05, 0) is 49.6 Å². The van der Waals surface area contributed by atoms with Crippen molar-refractivity contribution in [3.05, 3.63) is 53.8 Å². The van der Waals surface area contributed by atoms with Crippen molar-refractivity contribution in [3.63, 3.8) is 0 Å². The lowest BCUT2D eigenvalue weighted by Crippen LogP contribution is -2.39. The summed E-state index contributed by atoms with van der Waals surface area (Å²) in [6.45, 7) is 1.16. The van der Waals surface area contributed by atoms with Gasteiger partial charge in [0.25, 0.3) is 0 Å². The number of amides is 1.